The van der Waals surface area contributed by atoms with Gasteiger partial charge in [0, 0.05) is 32.4 Å². The molecule has 0 aliphatic carbocycles. The molecule has 8 heteroatoms. The molecule has 102 valence electrons. The standard InChI is InChI=1S/C13H9N7O/c14-19-17-11-5-1-3-9(7-11)13(21)16-10-4-2-6-12(8-10)18-20-15/h1-8H,(H,16,21). The van der Waals surface area contributed by atoms with E-state index in [1.165, 1.54) is 6.07 Å². The Morgan fingerprint density at radius 2 is 1.57 bits per heavy atom. The monoisotopic (exact) mass is 279 g/mol. The summed E-state index contributed by atoms with van der Waals surface area (Å²) in [5, 5.41) is 9.57. The summed E-state index contributed by atoms with van der Waals surface area (Å²) in [6, 6.07) is 12.8. The highest BCUT2D eigenvalue weighted by Gasteiger charge is 2.06. The van der Waals surface area contributed by atoms with Crippen molar-refractivity contribution in [3.8, 4) is 0 Å². The van der Waals surface area contributed by atoms with Crippen molar-refractivity contribution >= 4 is 23.0 Å². The van der Waals surface area contributed by atoms with E-state index in [1.54, 1.807) is 42.5 Å². The van der Waals surface area contributed by atoms with Crippen molar-refractivity contribution in [2.45, 2.75) is 0 Å². The second-order valence-corrected chi connectivity index (χ2v) is 3.93. The quantitative estimate of drug-likeness (QED) is 0.480. The van der Waals surface area contributed by atoms with Crippen molar-refractivity contribution in [1.29, 1.82) is 0 Å². The first-order valence-corrected chi connectivity index (χ1v) is 5.84. The molecule has 0 heterocycles. The maximum absolute atomic E-state index is 12.1. The van der Waals surface area contributed by atoms with Gasteiger partial charge in [0.25, 0.3) is 5.91 Å². The number of amides is 1. The Morgan fingerprint density at radius 3 is 2.24 bits per heavy atom. The van der Waals surface area contributed by atoms with Crippen LogP contribution in [0.2, 0.25) is 0 Å². The maximum Gasteiger partial charge on any atom is 0.255 e. The van der Waals surface area contributed by atoms with E-state index in [4.69, 9.17) is 11.1 Å². The van der Waals surface area contributed by atoms with E-state index in [9.17, 15) is 4.79 Å². The number of hydrogen-bond donors (Lipinski definition) is 1. The molecule has 2 aromatic carbocycles. The highest BCUT2D eigenvalue weighted by atomic mass is 16.1. The largest absolute Gasteiger partial charge is 0.322 e. The molecule has 0 aliphatic rings. The minimum absolute atomic E-state index is 0.355. The van der Waals surface area contributed by atoms with Crippen molar-refractivity contribution < 1.29 is 4.79 Å². The van der Waals surface area contributed by atoms with Gasteiger partial charge in [0.05, 0.1) is 0 Å². The van der Waals surface area contributed by atoms with E-state index in [2.05, 4.69) is 25.4 Å². The summed E-state index contributed by atoms with van der Waals surface area (Å²) in [4.78, 5) is 17.4. The van der Waals surface area contributed by atoms with Crippen LogP contribution in [-0.4, -0.2) is 5.91 Å². The van der Waals surface area contributed by atoms with Gasteiger partial charge in [-0.2, -0.15) is 0 Å². The van der Waals surface area contributed by atoms with Gasteiger partial charge >= 0.3 is 0 Å². The molecule has 0 fully saturated rings. The Labute approximate surface area is 119 Å². The Balaban J connectivity index is 2.21. The van der Waals surface area contributed by atoms with E-state index in [1.807, 2.05) is 0 Å². The average Bonchev–Trinajstić information content (AvgIpc) is 2.48. The molecule has 2 aromatic rings. The molecular weight excluding hydrogens is 270 g/mol. The zero-order valence-electron chi connectivity index (χ0n) is 10.7. The van der Waals surface area contributed by atoms with Crippen LogP contribution in [0.5, 0.6) is 0 Å². The second kappa shape index (κ2) is 6.63. The van der Waals surface area contributed by atoms with Crippen LogP contribution in [-0.2, 0) is 0 Å². The van der Waals surface area contributed by atoms with Gasteiger partial charge in [0.1, 0.15) is 0 Å². The Hall–Kier alpha value is -3.47. The van der Waals surface area contributed by atoms with Crippen LogP contribution < -0.4 is 5.32 Å². The number of azide groups is 2. The third kappa shape index (κ3) is 3.74. The predicted molar refractivity (Wildman–Crippen MR) is 78.4 cm³/mol. The van der Waals surface area contributed by atoms with Gasteiger partial charge in [-0.3, -0.25) is 4.79 Å². The van der Waals surface area contributed by atoms with Gasteiger partial charge in [-0.25, -0.2) is 0 Å². The Morgan fingerprint density at radius 1 is 0.952 bits per heavy atom. The summed E-state index contributed by atoms with van der Waals surface area (Å²) < 4.78 is 0. The normalized spacial score (nSPS) is 9.14. The number of rotatable bonds is 4. The van der Waals surface area contributed by atoms with Crippen LogP contribution in [0.3, 0.4) is 0 Å². The molecule has 0 unspecified atom stereocenters. The molecular formula is C13H9N7O. The minimum atomic E-state index is -0.358. The number of benzene rings is 2. The van der Waals surface area contributed by atoms with Crippen LogP contribution in [0, 0.1) is 0 Å². The lowest BCUT2D eigenvalue weighted by molar-refractivity contribution is 0.102. The van der Waals surface area contributed by atoms with E-state index in [0.717, 1.165) is 0 Å². The first-order chi connectivity index (χ1) is 10.2. The third-order valence-electron chi connectivity index (χ3n) is 2.53. The number of hydrogen-bond acceptors (Lipinski definition) is 3. The summed E-state index contributed by atoms with van der Waals surface area (Å²) >= 11 is 0. The molecule has 1 amide bonds. The van der Waals surface area contributed by atoms with Crippen molar-refractivity contribution in [2.24, 2.45) is 10.2 Å². The molecule has 0 saturated heterocycles. The van der Waals surface area contributed by atoms with Gasteiger partial charge < -0.3 is 5.32 Å². The molecule has 0 spiro atoms. The van der Waals surface area contributed by atoms with E-state index in [-0.39, 0.29) is 5.91 Å². The van der Waals surface area contributed by atoms with Gasteiger partial charge in [0.15, 0.2) is 0 Å². The van der Waals surface area contributed by atoms with Crippen LogP contribution >= 0.6 is 0 Å². The number of nitrogens with zero attached hydrogens (tertiary/aromatic N) is 6. The van der Waals surface area contributed by atoms with E-state index in [0.29, 0.717) is 22.6 Å². The second-order valence-electron chi connectivity index (χ2n) is 3.93. The fourth-order valence-corrected chi connectivity index (χ4v) is 1.66. The van der Waals surface area contributed by atoms with Gasteiger partial charge in [-0.05, 0) is 35.3 Å². The molecule has 0 aliphatic heterocycles. The molecule has 0 atom stereocenters. The average molecular weight is 279 g/mol. The van der Waals surface area contributed by atoms with E-state index >= 15 is 0 Å². The molecule has 21 heavy (non-hydrogen) atoms. The first-order valence-electron chi connectivity index (χ1n) is 5.84. The van der Waals surface area contributed by atoms with Crippen molar-refractivity contribution in [3.05, 3.63) is 75.0 Å². The first kappa shape index (κ1) is 14.0. The zero-order chi connectivity index (χ0) is 15.1. The zero-order valence-corrected chi connectivity index (χ0v) is 10.7. The molecule has 8 nitrogen and oxygen atoms in total. The number of carbonyl (C=O) groups excluding carboxylic acids is 1. The van der Waals surface area contributed by atoms with Crippen molar-refractivity contribution in [2.75, 3.05) is 5.32 Å². The Bertz CT molecular complexity index is 774. The lowest BCUT2D eigenvalue weighted by Crippen LogP contribution is -2.11. The van der Waals surface area contributed by atoms with Gasteiger partial charge in [-0.15, -0.1) is 0 Å². The fraction of sp³-hybridized carbons (Fsp3) is 0. The predicted octanol–water partition coefficient (Wildman–Crippen LogP) is 4.82. The van der Waals surface area contributed by atoms with Gasteiger partial charge in [0.2, 0.25) is 0 Å². The Kier molecular flexibility index (Phi) is 4.40. The minimum Gasteiger partial charge on any atom is -0.322 e. The lowest BCUT2D eigenvalue weighted by Gasteiger charge is -2.06. The number of carbonyl (C=O) groups is 1. The van der Waals surface area contributed by atoms with Crippen LogP contribution in [0.25, 0.3) is 20.9 Å². The fourth-order valence-electron chi connectivity index (χ4n) is 1.66. The molecule has 0 aromatic heterocycles. The molecule has 2 rings (SSSR count). The summed E-state index contributed by atoms with van der Waals surface area (Å²) in [5.74, 6) is -0.358. The smallest absolute Gasteiger partial charge is 0.255 e. The number of anilines is 1. The molecule has 0 saturated carbocycles. The van der Waals surface area contributed by atoms with Crippen molar-refractivity contribution in [1.82, 2.24) is 0 Å². The summed E-state index contributed by atoms with van der Waals surface area (Å²) in [6.45, 7) is 0. The lowest BCUT2D eigenvalue weighted by atomic mass is 10.2. The number of nitrogens with one attached hydrogen (secondary N) is 1. The molecule has 0 bridgehead atoms. The van der Waals surface area contributed by atoms with Crippen molar-refractivity contribution in [3.63, 3.8) is 0 Å². The highest BCUT2D eigenvalue weighted by Crippen LogP contribution is 2.20. The van der Waals surface area contributed by atoms with Crippen LogP contribution in [0.1, 0.15) is 10.4 Å². The summed E-state index contributed by atoms with van der Waals surface area (Å²) in [5.41, 5.74) is 18.4. The maximum atomic E-state index is 12.1. The van der Waals surface area contributed by atoms with Crippen LogP contribution in [0.15, 0.2) is 58.8 Å². The summed E-state index contributed by atoms with van der Waals surface area (Å²) in [7, 11) is 0. The topological polar surface area (TPSA) is 127 Å². The van der Waals surface area contributed by atoms with Crippen LogP contribution in [0.4, 0.5) is 17.1 Å². The highest BCUT2D eigenvalue weighted by molar-refractivity contribution is 6.04. The molecule has 1 N–H and O–H groups in total. The van der Waals surface area contributed by atoms with Gasteiger partial charge in [-0.1, -0.05) is 34.5 Å². The molecule has 0 radical (unpaired) electrons. The van der Waals surface area contributed by atoms with E-state index < -0.39 is 0 Å². The third-order valence-corrected chi connectivity index (χ3v) is 2.53. The summed E-state index contributed by atoms with van der Waals surface area (Å²) in [6.07, 6.45) is 0. The SMILES string of the molecule is [N-]=[N+]=Nc1cccc(NC(=O)c2cccc(N=[N+]=[N-])c2)c1.